The maximum Gasteiger partial charge on any atom is 0.472 e. The molecular formula is C65H126O17P2. The van der Waals surface area contributed by atoms with E-state index < -0.39 is 97.5 Å². The van der Waals surface area contributed by atoms with Crippen molar-refractivity contribution < 1.29 is 80.2 Å². The average molecular weight is 1240 g/mol. The molecule has 0 saturated carbocycles. The van der Waals surface area contributed by atoms with Gasteiger partial charge < -0.3 is 33.8 Å². The van der Waals surface area contributed by atoms with Crippen LogP contribution in [0.15, 0.2) is 0 Å². The second-order valence-corrected chi connectivity index (χ2v) is 27.8. The summed E-state index contributed by atoms with van der Waals surface area (Å²) < 4.78 is 68.0. The third-order valence-electron chi connectivity index (χ3n) is 15.5. The maximum absolute atomic E-state index is 13.0. The first-order valence-corrected chi connectivity index (χ1v) is 36.8. The lowest BCUT2D eigenvalue weighted by atomic mass is 10.00. The van der Waals surface area contributed by atoms with Crippen molar-refractivity contribution in [3.63, 3.8) is 0 Å². The van der Waals surface area contributed by atoms with E-state index in [2.05, 4.69) is 55.4 Å². The van der Waals surface area contributed by atoms with Crippen LogP contribution in [-0.2, 0) is 65.4 Å². The highest BCUT2D eigenvalue weighted by atomic mass is 31.2. The van der Waals surface area contributed by atoms with Crippen LogP contribution >= 0.6 is 15.6 Å². The number of hydrogen-bond donors (Lipinski definition) is 3. The summed E-state index contributed by atoms with van der Waals surface area (Å²) in [5.41, 5.74) is 0. The third-order valence-corrected chi connectivity index (χ3v) is 17.4. The van der Waals surface area contributed by atoms with Crippen LogP contribution in [0.5, 0.6) is 0 Å². The molecule has 0 aliphatic rings. The molecule has 0 rings (SSSR count). The molecule has 17 nitrogen and oxygen atoms in total. The van der Waals surface area contributed by atoms with Crippen molar-refractivity contribution in [1.82, 2.24) is 0 Å². The molecule has 0 aromatic heterocycles. The van der Waals surface area contributed by atoms with Crippen molar-refractivity contribution in [2.75, 3.05) is 39.6 Å². The molecule has 7 atom stereocenters. The second kappa shape index (κ2) is 55.2. The van der Waals surface area contributed by atoms with Gasteiger partial charge in [0.25, 0.3) is 0 Å². The Bertz CT molecular complexity index is 1680. The number of carbonyl (C=O) groups is 4. The number of rotatable bonds is 62. The Morgan fingerprint density at radius 1 is 0.333 bits per heavy atom. The Morgan fingerprint density at radius 2 is 0.571 bits per heavy atom. The molecule has 0 spiro atoms. The lowest BCUT2D eigenvalue weighted by Gasteiger charge is -2.21. The first-order chi connectivity index (χ1) is 40.2. The fourth-order valence-corrected chi connectivity index (χ4v) is 11.1. The highest BCUT2D eigenvalue weighted by Gasteiger charge is 2.30. The summed E-state index contributed by atoms with van der Waals surface area (Å²) in [5, 5.41) is 10.5. The molecule has 19 heteroatoms. The number of phosphoric ester groups is 2. The van der Waals surface area contributed by atoms with E-state index in [4.69, 9.17) is 37.0 Å². The highest BCUT2D eigenvalue weighted by Crippen LogP contribution is 2.45. The van der Waals surface area contributed by atoms with Crippen molar-refractivity contribution in [1.29, 1.82) is 0 Å². The first-order valence-electron chi connectivity index (χ1n) is 33.8. The number of ether oxygens (including phenoxy) is 4. The number of carbonyl (C=O) groups excluding carboxylic acids is 4. The Hall–Kier alpha value is -1.94. The molecule has 498 valence electrons. The average Bonchev–Trinajstić information content (AvgIpc) is 3.47. The molecular weight excluding hydrogens is 1110 g/mol. The molecule has 0 radical (unpaired) electrons. The summed E-state index contributed by atoms with van der Waals surface area (Å²) >= 11 is 0. The fraction of sp³-hybridized carbons (Fsp3) is 0.938. The van der Waals surface area contributed by atoms with Gasteiger partial charge in [0.2, 0.25) is 0 Å². The summed E-state index contributed by atoms with van der Waals surface area (Å²) in [6, 6.07) is 0. The molecule has 0 fully saturated rings. The van der Waals surface area contributed by atoms with Crippen LogP contribution in [0.4, 0.5) is 0 Å². The lowest BCUT2D eigenvalue weighted by Crippen LogP contribution is -2.30. The fourth-order valence-electron chi connectivity index (χ4n) is 9.54. The Kier molecular flexibility index (Phi) is 53.9. The van der Waals surface area contributed by atoms with Crippen LogP contribution in [0.3, 0.4) is 0 Å². The second-order valence-electron chi connectivity index (χ2n) is 24.9. The highest BCUT2D eigenvalue weighted by molar-refractivity contribution is 7.47. The quantitative estimate of drug-likeness (QED) is 0.0222. The number of esters is 4. The number of aliphatic hydroxyl groups excluding tert-OH is 1. The van der Waals surface area contributed by atoms with Gasteiger partial charge in [0.1, 0.15) is 19.3 Å². The van der Waals surface area contributed by atoms with E-state index in [1.54, 1.807) is 0 Å². The molecule has 84 heavy (non-hydrogen) atoms. The molecule has 0 aliphatic carbocycles. The van der Waals surface area contributed by atoms with Gasteiger partial charge in [0.05, 0.1) is 26.4 Å². The Balaban J connectivity index is 5.24. The van der Waals surface area contributed by atoms with Gasteiger partial charge in [-0.2, -0.15) is 0 Å². The number of aliphatic hydroxyl groups is 1. The van der Waals surface area contributed by atoms with Crippen LogP contribution in [0, 0.1) is 23.7 Å². The van der Waals surface area contributed by atoms with Gasteiger partial charge >= 0.3 is 39.5 Å². The zero-order valence-corrected chi connectivity index (χ0v) is 56.3. The summed E-state index contributed by atoms with van der Waals surface area (Å²) in [6.45, 7) is 13.9. The summed E-state index contributed by atoms with van der Waals surface area (Å²) in [7, 11) is -9.89. The minimum Gasteiger partial charge on any atom is -0.462 e. The molecule has 4 unspecified atom stereocenters. The predicted octanol–water partition coefficient (Wildman–Crippen LogP) is 17.8. The normalized spacial score (nSPS) is 15.1. The molecule has 3 N–H and O–H groups in total. The zero-order chi connectivity index (χ0) is 62.5. The maximum atomic E-state index is 13.0. The summed E-state index contributed by atoms with van der Waals surface area (Å²) in [6.07, 6.45) is 35.0. The van der Waals surface area contributed by atoms with Crippen LogP contribution in [-0.4, -0.2) is 96.7 Å². The molecule has 0 amide bonds. The standard InChI is InChI=1S/C65H126O17P2/c1-9-57(7)43-35-27-20-23-29-37-45-62(67)75-51-60(81-64(69)47-39-31-18-16-14-12-11-13-15-17-25-33-41-55(3)4)53-79-83(71,72)77-49-59(66)50-78-84(73,74)80-54-61(82-65(70)48-40-32-22-19-26-34-42-56(5)6)52-76-63(68)46-38-30-24-21-28-36-44-58(8)10-2/h55-61,66H,9-54H2,1-8H3,(H,71,72)(H,73,74)/t57?,58?,59-,60-,61-/m1/s1. The Labute approximate surface area is 511 Å². The molecule has 0 saturated heterocycles. The van der Waals surface area contributed by atoms with E-state index in [1.807, 2.05) is 0 Å². The van der Waals surface area contributed by atoms with Crippen LogP contribution in [0.2, 0.25) is 0 Å². The van der Waals surface area contributed by atoms with Gasteiger partial charge in [-0.1, -0.05) is 261 Å². The van der Waals surface area contributed by atoms with Crippen molar-refractivity contribution in [3.8, 4) is 0 Å². The minimum absolute atomic E-state index is 0.100. The van der Waals surface area contributed by atoms with Crippen LogP contribution in [0.1, 0.15) is 312 Å². The number of phosphoric acid groups is 2. The lowest BCUT2D eigenvalue weighted by molar-refractivity contribution is -0.161. The van der Waals surface area contributed by atoms with Crippen molar-refractivity contribution in [2.24, 2.45) is 23.7 Å². The van der Waals surface area contributed by atoms with Crippen LogP contribution < -0.4 is 0 Å². The topological polar surface area (TPSA) is 237 Å². The van der Waals surface area contributed by atoms with E-state index >= 15 is 0 Å². The van der Waals surface area contributed by atoms with Gasteiger partial charge in [0, 0.05) is 25.7 Å². The summed E-state index contributed by atoms with van der Waals surface area (Å²) in [4.78, 5) is 72.2. The smallest absolute Gasteiger partial charge is 0.462 e. The van der Waals surface area contributed by atoms with Gasteiger partial charge in [-0.15, -0.1) is 0 Å². The molecule has 0 aromatic rings. The first kappa shape index (κ1) is 82.1. The van der Waals surface area contributed by atoms with E-state index in [1.165, 1.54) is 103 Å². The molecule has 0 bridgehead atoms. The Morgan fingerprint density at radius 3 is 0.845 bits per heavy atom. The van der Waals surface area contributed by atoms with E-state index in [0.717, 1.165) is 120 Å². The van der Waals surface area contributed by atoms with Gasteiger partial charge in [-0.25, -0.2) is 9.13 Å². The number of hydrogen-bond acceptors (Lipinski definition) is 15. The SMILES string of the molecule is CCC(C)CCCCCCCCC(=O)OC[C@H](COP(=O)(O)OC[C@@H](O)COP(=O)(O)OC[C@@H](COC(=O)CCCCCCCCC(C)CC)OC(=O)CCCCCCCCC(C)C)OC(=O)CCCCCCCCCCCCCCC(C)C. The monoisotopic (exact) mass is 1240 g/mol. The van der Waals surface area contributed by atoms with Gasteiger partial charge in [0.15, 0.2) is 12.2 Å². The minimum atomic E-state index is -4.95. The van der Waals surface area contributed by atoms with E-state index in [-0.39, 0.29) is 25.7 Å². The van der Waals surface area contributed by atoms with Gasteiger partial charge in [-0.05, 0) is 49.4 Å². The third kappa shape index (κ3) is 56.6. The molecule has 0 aliphatic heterocycles. The molecule has 0 aromatic carbocycles. The largest absolute Gasteiger partial charge is 0.472 e. The van der Waals surface area contributed by atoms with E-state index in [9.17, 15) is 43.2 Å². The van der Waals surface area contributed by atoms with Gasteiger partial charge in [-0.3, -0.25) is 37.3 Å². The number of unbranched alkanes of at least 4 members (excludes halogenated alkanes) is 26. The van der Waals surface area contributed by atoms with E-state index in [0.29, 0.717) is 31.6 Å². The van der Waals surface area contributed by atoms with Crippen molar-refractivity contribution in [2.45, 2.75) is 331 Å². The van der Waals surface area contributed by atoms with Crippen molar-refractivity contribution in [3.05, 3.63) is 0 Å². The predicted molar refractivity (Wildman–Crippen MR) is 335 cm³/mol. The summed E-state index contributed by atoms with van der Waals surface area (Å²) in [5.74, 6) is 0.765. The van der Waals surface area contributed by atoms with Crippen LogP contribution in [0.25, 0.3) is 0 Å². The zero-order valence-electron chi connectivity index (χ0n) is 54.5. The molecule has 0 heterocycles. The van der Waals surface area contributed by atoms with Crippen molar-refractivity contribution >= 4 is 39.5 Å².